The smallest absolute Gasteiger partial charge is 0.194 e. The second kappa shape index (κ2) is 4.47. The molecule has 0 heterocycles. The van der Waals surface area contributed by atoms with Crippen molar-refractivity contribution in [3.63, 3.8) is 0 Å². The van der Waals surface area contributed by atoms with Gasteiger partial charge in [0.2, 0.25) is 0 Å². The van der Waals surface area contributed by atoms with Gasteiger partial charge in [0.1, 0.15) is 0 Å². The Bertz CT molecular complexity index is 327. The van der Waals surface area contributed by atoms with Crippen molar-refractivity contribution in [1.82, 2.24) is 0 Å². The zero-order valence-corrected chi connectivity index (χ0v) is 9.00. The fraction of sp³-hybridized carbons (Fsp3) is 0.455. The monoisotopic (exact) mass is 207 g/mol. The maximum Gasteiger partial charge on any atom is 0.194 e. The van der Waals surface area contributed by atoms with Gasteiger partial charge in [-0.1, -0.05) is 37.6 Å². The average Bonchev–Trinajstić information content (AvgIpc) is 2.18. The molecule has 0 spiro atoms. The summed E-state index contributed by atoms with van der Waals surface area (Å²) < 4.78 is 0. The lowest BCUT2D eigenvalue weighted by Crippen LogP contribution is -2.31. The molecule has 1 aliphatic rings. The number of allylic oxidation sites excluding steroid dienone is 4. The summed E-state index contributed by atoms with van der Waals surface area (Å²) in [6.07, 6.45) is 8.77. The summed E-state index contributed by atoms with van der Waals surface area (Å²) in [5.41, 5.74) is -0.678. The molecule has 0 saturated carbocycles. The molecule has 0 radical (unpaired) electrons. The first-order chi connectivity index (χ1) is 6.66. The van der Waals surface area contributed by atoms with Crippen molar-refractivity contribution in [3.05, 3.63) is 24.3 Å². The van der Waals surface area contributed by atoms with E-state index in [-0.39, 0.29) is 5.12 Å². The van der Waals surface area contributed by atoms with Crippen molar-refractivity contribution < 1.29 is 4.79 Å². The number of carbonyl (C=O) groups excluding carboxylic acids is 1. The first kappa shape index (κ1) is 11.1. The fourth-order valence-electron chi connectivity index (χ4n) is 1.80. The van der Waals surface area contributed by atoms with Crippen molar-refractivity contribution in [2.75, 3.05) is 0 Å². The third-order valence-electron chi connectivity index (χ3n) is 2.50. The Morgan fingerprint density at radius 1 is 1.64 bits per heavy atom. The molecule has 0 aromatic carbocycles. The molecule has 1 rings (SSSR count). The van der Waals surface area contributed by atoms with Crippen LogP contribution in [0.25, 0.3) is 0 Å². The molecule has 74 valence electrons. The lowest BCUT2D eigenvalue weighted by atomic mass is 9.71. The minimum atomic E-state index is -0.678. The van der Waals surface area contributed by atoms with E-state index in [1.165, 1.54) is 0 Å². The van der Waals surface area contributed by atoms with E-state index in [1.807, 2.05) is 19.1 Å². The summed E-state index contributed by atoms with van der Waals surface area (Å²) in [7, 11) is 0. The Kier molecular flexibility index (Phi) is 3.54. The van der Waals surface area contributed by atoms with Gasteiger partial charge in [0.25, 0.3) is 0 Å². The van der Waals surface area contributed by atoms with Gasteiger partial charge in [-0.3, -0.25) is 4.79 Å². The Morgan fingerprint density at radius 3 is 2.86 bits per heavy atom. The number of nitrogens with zero attached hydrogens (tertiary/aromatic N) is 1. The molecule has 0 bridgehead atoms. The highest BCUT2D eigenvalue weighted by molar-refractivity contribution is 7.96. The highest BCUT2D eigenvalue weighted by atomic mass is 32.1. The van der Waals surface area contributed by atoms with Crippen LogP contribution in [0.4, 0.5) is 0 Å². The average molecular weight is 207 g/mol. The Balaban J connectivity index is 3.03. The lowest BCUT2D eigenvalue weighted by Gasteiger charge is -2.29. The van der Waals surface area contributed by atoms with Crippen LogP contribution in [-0.4, -0.2) is 5.12 Å². The number of hydrogen-bond acceptors (Lipinski definition) is 2. The number of rotatable bonds is 3. The molecule has 0 aromatic rings. The molecule has 2 nitrogen and oxygen atoms in total. The fourth-order valence-corrected chi connectivity index (χ4v) is 2.11. The number of carbonyl (C=O) groups is 1. The van der Waals surface area contributed by atoms with Gasteiger partial charge in [-0.05, 0) is 6.42 Å². The maximum absolute atomic E-state index is 11.3. The van der Waals surface area contributed by atoms with Gasteiger partial charge in [0.15, 0.2) is 5.12 Å². The molecule has 3 heteroatoms. The van der Waals surface area contributed by atoms with Crippen molar-refractivity contribution in [3.8, 4) is 6.07 Å². The highest BCUT2D eigenvalue weighted by Gasteiger charge is 2.38. The molecular formula is C11H13NOS. The van der Waals surface area contributed by atoms with Crippen LogP contribution < -0.4 is 0 Å². The number of hydrogen-bond donors (Lipinski definition) is 1. The molecule has 0 N–H and O–H groups in total. The maximum atomic E-state index is 11.3. The Hall–Kier alpha value is -1.01. The minimum absolute atomic E-state index is 0.236. The van der Waals surface area contributed by atoms with Crippen LogP contribution in [0.3, 0.4) is 0 Å². The predicted octanol–water partition coefficient (Wildman–Crippen LogP) is 2.50. The van der Waals surface area contributed by atoms with Crippen LogP contribution in [-0.2, 0) is 4.79 Å². The second-order valence-corrected chi connectivity index (χ2v) is 3.90. The first-order valence-corrected chi connectivity index (χ1v) is 5.11. The van der Waals surface area contributed by atoms with Gasteiger partial charge in [0.05, 0.1) is 17.4 Å². The van der Waals surface area contributed by atoms with Gasteiger partial charge in [-0.15, -0.1) is 12.6 Å². The van der Waals surface area contributed by atoms with Gasteiger partial charge in [-0.25, -0.2) is 0 Å². The van der Waals surface area contributed by atoms with Crippen LogP contribution >= 0.6 is 12.6 Å². The van der Waals surface area contributed by atoms with E-state index in [2.05, 4.69) is 18.7 Å². The molecule has 0 amide bonds. The van der Waals surface area contributed by atoms with Crippen LogP contribution in [0, 0.1) is 22.7 Å². The first-order valence-electron chi connectivity index (χ1n) is 4.66. The van der Waals surface area contributed by atoms with E-state index in [1.54, 1.807) is 12.2 Å². The molecule has 1 aliphatic carbocycles. The van der Waals surface area contributed by atoms with Crippen molar-refractivity contribution in [1.29, 1.82) is 5.26 Å². The van der Waals surface area contributed by atoms with Gasteiger partial charge in [0, 0.05) is 0 Å². The summed E-state index contributed by atoms with van der Waals surface area (Å²) >= 11 is 3.83. The Labute approximate surface area is 89.7 Å². The van der Waals surface area contributed by atoms with E-state index >= 15 is 0 Å². The molecular weight excluding hydrogens is 194 g/mol. The van der Waals surface area contributed by atoms with E-state index in [0.29, 0.717) is 6.42 Å². The van der Waals surface area contributed by atoms with Gasteiger partial charge in [-0.2, -0.15) is 5.26 Å². The summed E-state index contributed by atoms with van der Waals surface area (Å²) in [6, 6.07) is 2.24. The molecule has 14 heavy (non-hydrogen) atoms. The summed E-state index contributed by atoms with van der Waals surface area (Å²) in [5.74, 6) is -0.402. The normalized spacial score (nSPS) is 29.9. The topological polar surface area (TPSA) is 40.9 Å². The largest absolute Gasteiger partial charge is 0.287 e. The summed E-state index contributed by atoms with van der Waals surface area (Å²) in [5, 5.41) is 8.94. The van der Waals surface area contributed by atoms with Crippen molar-refractivity contribution in [2.24, 2.45) is 11.3 Å². The van der Waals surface area contributed by atoms with E-state index in [9.17, 15) is 10.1 Å². The molecule has 0 saturated heterocycles. The second-order valence-electron chi connectivity index (χ2n) is 3.46. The minimum Gasteiger partial charge on any atom is -0.287 e. The zero-order chi connectivity index (χ0) is 10.6. The molecule has 2 unspecified atom stereocenters. The van der Waals surface area contributed by atoms with Crippen LogP contribution in [0.15, 0.2) is 24.3 Å². The van der Waals surface area contributed by atoms with Gasteiger partial charge >= 0.3 is 0 Å². The van der Waals surface area contributed by atoms with Crippen LogP contribution in [0.1, 0.15) is 19.8 Å². The highest BCUT2D eigenvalue weighted by Crippen LogP contribution is 2.38. The predicted molar refractivity (Wildman–Crippen MR) is 58.7 cm³/mol. The van der Waals surface area contributed by atoms with E-state index < -0.39 is 11.3 Å². The molecule has 0 aliphatic heterocycles. The number of nitriles is 1. The summed E-state index contributed by atoms with van der Waals surface area (Å²) in [4.78, 5) is 11.3. The summed E-state index contributed by atoms with van der Waals surface area (Å²) in [6.45, 7) is 2.01. The standard InChI is InChI=1S/C11H13NOS/c1-2-6-11(8-12)7-4-3-5-9(11)10(13)14/h3-5,7,9H,2,6H2,1H3,(H,13,14). The van der Waals surface area contributed by atoms with E-state index in [0.717, 1.165) is 6.42 Å². The van der Waals surface area contributed by atoms with Crippen LogP contribution in [0.5, 0.6) is 0 Å². The van der Waals surface area contributed by atoms with Gasteiger partial charge < -0.3 is 0 Å². The molecule has 0 fully saturated rings. The quantitative estimate of drug-likeness (QED) is 0.722. The van der Waals surface area contributed by atoms with Crippen molar-refractivity contribution >= 4 is 17.7 Å². The SMILES string of the molecule is CCCC1(C#N)C=CC=CC1C(=O)S. The third kappa shape index (κ3) is 1.91. The van der Waals surface area contributed by atoms with Crippen LogP contribution in [0.2, 0.25) is 0 Å². The molecule has 2 atom stereocenters. The number of thiol groups is 1. The molecule has 0 aromatic heterocycles. The van der Waals surface area contributed by atoms with E-state index in [4.69, 9.17) is 0 Å². The lowest BCUT2D eigenvalue weighted by molar-refractivity contribution is -0.114. The zero-order valence-electron chi connectivity index (χ0n) is 8.10. The third-order valence-corrected chi connectivity index (χ3v) is 2.78. The Morgan fingerprint density at radius 2 is 2.36 bits per heavy atom. The van der Waals surface area contributed by atoms with Crippen molar-refractivity contribution in [2.45, 2.75) is 19.8 Å².